The Hall–Kier alpha value is 0. The van der Waals surface area contributed by atoms with Crippen molar-refractivity contribution < 1.29 is 0 Å². The van der Waals surface area contributed by atoms with Crippen molar-refractivity contribution in [3.05, 3.63) is 13.8 Å². The van der Waals surface area contributed by atoms with Gasteiger partial charge in [0, 0.05) is 0 Å². The zero-order chi connectivity index (χ0) is 12.2. The van der Waals surface area contributed by atoms with Crippen LogP contribution in [0.1, 0.15) is 78.1 Å². The lowest BCUT2D eigenvalue weighted by molar-refractivity contribution is 0.636. The number of hydrogen-bond donors (Lipinski definition) is 0. The fourth-order valence-corrected chi connectivity index (χ4v) is 2.17. The van der Waals surface area contributed by atoms with Gasteiger partial charge in [-0.15, -0.1) is 0 Å². The minimum absolute atomic E-state index is 1.01. The fourth-order valence-electron chi connectivity index (χ4n) is 2.17. The van der Waals surface area contributed by atoms with Crippen molar-refractivity contribution in [2.75, 3.05) is 0 Å². The van der Waals surface area contributed by atoms with E-state index in [1.54, 1.807) is 0 Å². The Morgan fingerprint density at radius 2 is 1.56 bits per heavy atom. The molecule has 1 rings (SSSR count). The second-order valence-electron chi connectivity index (χ2n) is 5.10. The predicted molar refractivity (Wildman–Crippen MR) is 75.2 cm³/mol. The van der Waals surface area contributed by atoms with E-state index in [-0.39, 0.29) is 0 Å². The van der Waals surface area contributed by atoms with E-state index in [4.69, 9.17) is 0 Å². The van der Waals surface area contributed by atoms with Crippen LogP contribution in [0.2, 0.25) is 0 Å². The van der Waals surface area contributed by atoms with Gasteiger partial charge in [-0.25, -0.2) is 0 Å². The van der Waals surface area contributed by atoms with Gasteiger partial charge in [0.15, 0.2) is 0 Å². The van der Waals surface area contributed by atoms with E-state index < -0.39 is 0 Å². The molecule has 0 aromatic carbocycles. The number of rotatable bonds is 8. The average molecular weight is 224 g/mol. The molecule has 1 fully saturated rings. The topological polar surface area (TPSA) is 0 Å². The molecule has 0 nitrogen and oxygen atoms in total. The Labute approximate surface area is 104 Å². The molecular weight excluding hydrogens is 192 g/mol. The Bertz CT molecular complexity index is 122. The maximum atomic E-state index is 3.88. The maximum absolute atomic E-state index is 3.88. The molecule has 0 aromatic heterocycles. The Morgan fingerprint density at radius 3 is 2.00 bits per heavy atom. The molecule has 96 valence electrons. The van der Waals surface area contributed by atoms with Crippen LogP contribution in [0.15, 0.2) is 0 Å². The van der Waals surface area contributed by atoms with Gasteiger partial charge in [-0.2, -0.15) is 0 Å². The van der Waals surface area contributed by atoms with Gasteiger partial charge < -0.3 is 0 Å². The molecule has 16 heavy (non-hydrogen) atoms. The maximum Gasteiger partial charge on any atom is -0.0383 e. The van der Waals surface area contributed by atoms with Crippen LogP contribution < -0.4 is 0 Å². The second kappa shape index (κ2) is 11.5. The molecule has 0 heteroatoms. The van der Waals surface area contributed by atoms with Crippen LogP contribution in [-0.4, -0.2) is 0 Å². The largest absolute Gasteiger partial charge is 0.0654 e. The summed E-state index contributed by atoms with van der Waals surface area (Å²) in [5.41, 5.74) is 0. The summed E-state index contributed by atoms with van der Waals surface area (Å²) in [7, 11) is 0. The first-order valence-electron chi connectivity index (χ1n) is 7.38. The molecule has 2 atom stereocenters. The highest BCUT2D eigenvalue weighted by Gasteiger charge is 2.33. The van der Waals surface area contributed by atoms with Crippen LogP contribution in [-0.2, 0) is 0 Å². The third-order valence-electron chi connectivity index (χ3n) is 3.45. The molecule has 0 aliphatic heterocycles. The van der Waals surface area contributed by atoms with E-state index in [9.17, 15) is 0 Å². The van der Waals surface area contributed by atoms with Crippen molar-refractivity contribution in [2.45, 2.75) is 78.1 Å². The molecule has 1 saturated carbocycles. The lowest BCUT2D eigenvalue weighted by Gasteiger charge is -1.93. The normalized spacial score (nSPS) is 22.5. The van der Waals surface area contributed by atoms with Crippen LogP contribution in [0.3, 0.4) is 0 Å². The summed E-state index contributed by atoms with van der Waals surface area (Å²) in [5, 5.41) is 0. The first kappa shape index (κ1) is 16.0. The van der Waals surface area contributed by atoms with Crippen molar-refractivity contribution in [1.29, 1.82) is 0 Å². The molecule has 1 aliphatic carbocycles. The van der Waals surface area contributed by atoms with Crippen molar-refractivity contribution >= 4 is 0 Å². The summed E-state index contributed by atoms with van der Waals surface area (Å²) >= 11 is 0. The van der Waals surface area contributed by atoms with Gasteiger partial charge in [-0.05, 0) is 18.3 Å². The lowest BCUT2D eigenvalue weighted by atomic mass is 10.1. The average Bonchev–Trinajstić information content (AvgIpc) is 3.05. The Kier molecular flexibility index (Phi) is 11.5. The summed E-state index contributed by atoms with van der Waals surface area (Å²) in [4.78, 5) is 0. The van der Waals surface area contributed by atoms with E-state index >= 15 is 0 Å². The SMILES string of the molecule is [CH2]CC1CC1CCC.[CH2]CCCCCCC. The van der Waals surface area contributed by atoms with Gasteiger partial charge in [0.1, 0.15) is 0 Å². The third kappa shape index (κ3) is 9.24. The van der Waals surface area contributed by atoms with Crippen molar-refractivity contribution in [3.63, 3.8) is 0 Å². The summed E-state index contributed by atoms with van der Waals surface area (Å²) in [6, 6.07) is 0. The summed E-state index contributed by atoms with van der Waals surface area (Å²) in [6.45, 7) is 12.2. The van der Waals surface area contributed by atoms with Gasteiger partial charge in [0.05, 0.1) is 0 Å². The van der Waals surface area contributed by atoms with Crippen molar-refractivity contribution in [3.8, 4) is 0 Å². The standard InChI is InChI=1S/C8H15.C8H17/c1-3-5-8-6-7(8)4-2;1-3-5-7-8-6-4-2/h7-8H,2-6H2,1H3;1,3-8H2,2H3. The first-order valence-corrected chi connectivity index (χ1v) is 7.38. The van der Waals surface area contributed by atoms with Gasteiger partial charge in [0.25, 0.3) is 0 Å². The summed E-state index contributed by atoms with van der Waals surface area (Å²) in [6.07, 6.45) is 13.4. The molecule has 2 radical (unpaired) electrons. The molecule has 0 amide bonds. The highest BCUT2D eigenvalue weighted by molar-refractivity contribution is 4.85. The lowest BCUT2D eigenvalue weighted by Crippen LogP contribution is -1.78. The zero-order valence-electron chi connectivity index (χ0n) is 11.6. The van der Waals surface area contributed by atoms with E-state index in [0.717, 1.165) is 18.3 Å². The fraction of sp³-hybridized carbons (Fsp3) is 0.875. The molecule has 0 bridgehead atoms. The molecule has 0 N–H and O–H groups in total. The highest BCUT2D eigenvalue weighted by Crippen LogP contribution is 2.43. The van der Waals surface area contributed by atoms with Crippen LogP contribution in [0.4, 0.5) is 0 Å². The van der Waals surface area contributed by atoms with E-state index in [0.29, 0.717) is 0 Å². The summed E-state index contributed by atoms with van der Waals surface area (Å²) < 4.78 is 0. The summed E-state index contributed by atoms with van der Waals surface area (Å²) in [5.74, 6) is 2.08. The molecule has 0 saturated heterocycles. The van der Waals surface area contributed by atoms with Crippen LogP contribution >= 0.6 is 0 Å². The molecule has 2 unspecified atom stereocenters. The van der Waals surface area contributed by atoms with E-state index in [2.05, 4.69) is 27.7 Å². The van der Waals surface area contributed by atoms with Crippen LogP contribution in [0, 0.1) is 25.7 Å². The van der Waals surface area contributed by atoms with Gasteiger partial charge in [0.2, 0.25) is 0 Å². The molecular formula is C16H32. The third-order valence-corrected chi connectivity index (χ3v) is 3.45. The first-order chi connectivity index (χ1) is 7.79. The molecule has 0 heterocycles. The minimum atomic E-state index is 1.01. The van der Waals surface area contributed by atoms with Crippen molar-refractivity contribution in [2.24, 2.45) is 11.8 Å². The quantitative estimate of drug-likeness (QED) is 0.455. The Balaban J connectivity index is 0.000000281. The Morgan fingerprint density at radius 1 is 0.875 bits per heavy atom. The zero-order valence-corrected chi connectivity index (χ0v) is 11.6. The predicted octanol–water partition coefficient (Wildman–Crippen LogP) is 5.83. The number of unbranched alkanes of at least 4 members (excludes halogenated alkanes) is 5. The molecule has 0 aromatic rings. The smallest absolute Gasteiger partial charge is 0.0383 e. The van der Waals surface area contributed by atoms with Gasteiger partial charge in [-0.1, -0.05) is 85.5 Å². The van der Waals surface area contributed by atoms with Crippen LogP contribution in [0.5, 0.6) is 0 Å². The number of hydrogen-bond acceptors (Lipinski definition) is 0. The van der Waals surface area contributed by atoms with E-state index in [1.807, 2.05) is 0 Å². The molecule has 1 aliphatic rings. The van der Waals surface area contributed by atoms with Crippen molar-refractivity contribution in [1.82, 2.24) is 0 Å². The molecule has 0 spiro atoms. The minimum Gasteiger partial charge on any atom is -0.0654 e. The highest BCUT2D eigenvalue weighted by atomic mass is 14.4. The van der Waals surface area contributed by atoms with E-state index in [1.165, 1.54) is 57.8 Å². The second-order valence-corrected chi connectivity index (χ2v) is 5.10. The monoisotopic (exact) mass is 224 g/mol. The van der Waals surface area contributed by atoms with Gasteiger partial charge >= 0.3 is 0 Å². The van der Waals surface area contributed by atoms with Crippen LogP contribution in [0.25, 0.3) is 0 Å². The van der Waals surface area contributed by atoms with Gasteiger partial charge in [-0.3, -0.25) is 0 Å².